The summed E-state index contributed by atoms with van der Waals surface area (Å²) in [6.07, 6.45) is 5.81. The summed E-state index contributed by atoms with van der Waals surface area (Å²) in [6, 6.07) is 8.33. The molecule has 2 saturated heterocycles. The largest absolute Gasteiger partial charge is 0.370 e. The minimum atomic E-state index is -1.34. The molecule has 0 bridgehead atoms. The van der Waals surface area contributed by atoms with Crippen LogP contribution in [0, 0.1) is 0 Å². The maximum absolute atomic E-state index is 14.7. The second kappa shape index (κ2) is 25.0. The minimum absolute atomic E-state index is 0.0231. The molecular formula is C48H64N14O8. The molecule has 13 N–H and O–H groups in total. The molecule has 2 aromatic heterocycles. The van der Waals surface area contributed by atoms with Crippen molar-refractivity contribution in [2.24, 2.45) is 16.5 Å². The third-order valence-electron chi connectivity index (χ3n) is 12.4. The zero-order valence-corrected chi connectivity index (χ0v) is 39.4. The summed E-state index contributed by atoms with van der Waals surface area (Å²) < 4.78 is 0. The van der Waals surface area contributed by atoms with Crippen molar-refractivity contribution in [2.75, 3.05) is 19.6 Å². The maximum atomic E-state index is 14.7. The van der Waals surface area contributed by atoms with Crippen LogP contribution in [0.1, 0.15) is 75.6 Å². The molecule has 22 nitrogen and oxygen atoms in total. The van der Waals surface area contributed by atoms with Crippen LogP contribution in [0.3, 0.4) is 0 Å². The van der Waals surface area contributed by atoms with E-state index in [1.807, 2.05) is 31.2 Å². The standard InChI is InChI=1S/C48H64N14O8/c1-28-11-10-20-62(28)47(70)40-24-41(64)52-18-8-16-35(56-29(2)63)42(65)60-39(23-32-26-51-27-55-32)46(69)58-37(21-30-12-4-3-5-13-30)44(67)57-36(17-9-19-53-48(49)50)43(66)59-38(45(68)61-40)22-31-25-54-34-15-7-6-14-33(31)34/h3-7,12-15,25-28,35-40,54H,8-11,16-24H2,1-2H3,(H,51,55)(H,52,64)(H,56,63)(H,57,67)(H,58,69)(H,59,66)(H,60,65)(H,61,68)(H4,49,50,53)/t28-,35+,36+,37-,38+,39+,40+/m1/s1. The molecule has 0 saturated carbocycles. The number of likely N-dealkylation sites (tertiary alicyclic amines) is 1. The molecular weight excluding hydrogens is 901 g/mol. The number of hydrogen-bond donors (Lipinski definition) is 11. The summed E-state index contributed by atoms with van der Waals surface area (Å²) in [7, 11) is 0. The van der Waals surface area contributed by atoms with Crippen LogP contribution >= 0.6 is 0 Å². The average molecular weight is 965 g/mol. The van der Waals surface area contributed by atoms with Gasteiger partial charge in [-0.05, 0) is 62.6 Å². The van der Waals surface area contributed by atoms with Crippen LogP contribution in [-0.2, 0) is 57.6 Å². The molecule has 6 rings (SSSR count). The number of nitrogens with two attached hydrogens (primary N) is 2. The van der Waals surface area contributed by atoms with Crippen LogP contribution in [0.25, 0.3) is 10.9 Å². The molecule has 7 atom stereocenters. The van der Waals surface area contributed by atoms with Gasteiger partial charge in [-0.15, -0.1) is 0 Å². The number of rotatable bonds is 12. The summed E-state index contributed by atoms with van der Waals surface area (Å²) in [5.74, 6) is -5.51. The van der Waals surface area contributed by atoms with E-state index in [-0.39, 0.29) is 70.0 Å². The van der Waals surface area contributed by atoms with Gasteiger partial charge in [0.25, 0.3) is 0 Å². The lowest BCUT2D eigenvalue weighted by atomic mass is 10.0. The highest BCUT2D eigenvalue weighted by Crippen LogP contribution is 2.21. The van der Waals surface area contributed by atoms with Gasteiger partial charge in [-0.25, -0.2) is 4.98 Å². The van der Waals surface area contributed by atoms with Gasteiger partial charge in [0, 0.05) is 80.9 Å². The van der Waals surface area contributed by atoms with Crippen LogP contribution in [0.2, 0.25) is 0 Å². The number of aromatic amines is 2. The Kier molecular flexibility index (Phi) is 18.4. The fraction of sp³-hybridized carbons (Fsp3) is 0.458. The number of carbonyl (C=O) groups excluding carboxylic acids is 8. The van der Waals surface area contributed by atoms with Gasteiger partial charge in [0.15, 0.2) is 5.96 Å². The Morgan fingerprint density at radius 1 is 0.771 bits per heavy atom. The summed E-state index contributed by atoms with van der Waals surface area (Å²) in [6.45, 7) is 3.66. The maximum Gasteiger partial charge on any atom is 0.245 e. The number of nitrogens with one attached hydrogen (secondary N) is 9. The monoisotopic (exact) mass is 965 g/mol. The fourth-order valence-electron chi connectivity index (χ4n) is 8.71. The van der Waals surface area contributed by atoms with Gasteiger partial charge < -0.3 is 63.6 Å². The first-order valence-electron chi connectivity index (χ1n) is 23.6. The highest BCUT2D eigenvalue weighted by Gasteiger charge is 2.37. The molecule has 22 heteroatoms. The van der Waals surface area contributed by atoms with E-state index in [0.29, 0.717) is 23.4 Å². The Morgan fingerprint density at radius 2 is 1.43 bits per heavy atom. The zero-order chi connectivity index (χ0) is 50.2. The molecule has 2 fully saturated rings. The van der Waals surface area contributed by atoms with Crippen LogP contribution in [-0.4, -0.2) is 135 Å². The number of para-hydroxylation sites is 1. The number of guanidine groups is 1. The first-order valence-corrected chi connectivity index (χ1v) is 23.6. The minimum Gasteiger partial charge on any atom is -0.370 e. The predicted molar refractivity (Wildman–Crippen MR) is 259 cm³/mol. The Hall–Kier alpha value is -7.78. The molecule has 8 amide bonds. The van der Waals surface area contributed by atoms with E-state index in [0.717, 1.165) is 23.7 Å². The second-order valence-electron chi connectivity index (χ2n) is 17.8. The highest BCUT2D eigenvalue weighted by molar-refractivity contribution is 5.98. The van der Waals surface area contributed by atoms with Crippen LogP contribution in [0.5, 0.6) is 0 Å². The molecule has 2 aliphatic heterocycles. The van der Waals surface area contributed by atoms with Crippen LogP contribution < -0.4 is 48.7 Å². The normalized spacial score (nSPS) is 23.6. The number of H-pyrrole nitrogens is 2. The number of nitrogens with zero attached hydrogens (tertiary/aromatic N) is 3. The van der Waals surface area contributed by atoms with Crippen molar-refractivity contribution in [3.63, 3.8) is 0 Å². The summed E-state index contributed by atoms with van der Waals surface area (Å²) in [4.78, 5) is 128. The van der Waals surface area contributed by atoms with E-state index in [9.17, 15) is 38.4 Å². The van der Waals surface area contributed by atoms with E-state index in [4.69, 9.17) is 11.5 Å². The van der Waals surface area contributed by atoms with Crippen molar-refractivity contribution in [3.8, 4) is 0 Å². The van der Waals surface area contributed by atoms with Gasteiger partial charge >= 0.3 is 0 Å². The highest BCUT2D eigenvalue weighted by atomic mass is 16.2. The van der Waals surface area contributed by atoms with Crippen molar-refractivity contribution in [1.82, 2.24) is 57.1 Å². The Bertz CT molecular complexity index is 2490. The Balaban J connectivity index is 1.39. The van der Waals surface area contributed by atoms with Crippen molar-refractivity contribution in [2.45, 2.75) is 120 Å². The molecule has 2 aromatic carbocycles. The number of amides is 8. The van der Waals surface area contributed by atoms with E-state index >= 15 is 0 Å². The lowest BCUT2D eigenvalue weighted by Gasteiger charge is -2.30. The first kappa shape index (κ1) is 51.6. The van der Waals surface area contributed by atoms with Crippen LogP contribution in [0.15, 0.2) is 78.3 Å². The molecule has 2 aliphatic rings. The number of aliphatic imine (C=N–C) groups is 1. The number of benzene rings is 2. The van der Waals surface area contributed by atoms with Crippen LogP contribution in [0.4, 0.5) is 0 Å². The van der Waals surface area contributed by atoms with E-state index in [1.165, 1.54) is 19.4 Å². The summed E-state index contributed by atoms with van der Waals surface area (Å²) in [5, 5.41) is 20.1. The van der Waals surface area contributed by atoms with Gasteiger partial charge in [-0.2, -0.15) is 0 Å². The first-order chi connectivity index (χ1) is 33.6. The third-order valence-corrected chi connectivity index (χ3v) is 12.4. The van der Waals surface area contributed by atoms with Crippen molar-refractivity contribution in [3.05, 3.63) is 90.1 Å². The van der Waals surface area contributed by atoms with Gasteiger partial charge in [0.05, 0.1) is 12.7 Å². The average Bonchev–Trinajstić information content (AvgIpc) is 4.11. The molecule has 374 valence electrons. The quantitative estimate of drug-likeness (QED) is 0.0475. The summed E-state index contributed by atoms with van der Waals surface area (Å²) in [5.41, 5.74) is 13.8. The van der Waals surface area contributed by atoms with Gasteiger partial charge in [0.2, 0.25) is 47.3 Å². The topological polar surface area (TPSA) is 333 Å². The molecule has 70 heavy (non-hydrogen) atoms. The molecule has 0 spiro atoms. The number of carbonyl (C=O) groups is 8. The van der Waals surface area contributed by atoms with Gasteiger partial charge in [0.1, 0.15) is 36.3 Å². The Morgan fingerprint density at radius 3 is 2.11 bits per heavy atom. The van der Waals surface area contributed by atoms with Gasteiger partial charge in [-0.1, -0.05) is 48.5 Å². The number of imidazole rings is 1. The van der Waals surface area contributed by atoms with E-state index in [2.05, 4.69) is 57.2 Å². The van der Waals surface area contributed by atoms with E-state index in [1.54, 1.807) is 41.4 Å². The van der Waals surface area contributed by atoms with Crippen molar-refractivity contribution < 1.29 is 38.4 Å². The molecule has 4 aromatic rings. The number of fused-ring (bicyclic) bond motifs is 1. The Labute approximate surface area is 405 Å². The van der Waals surface area contributed by atoms with Gasteiger partial charge in [-0.3, -0.25) is 43.3 Å². The second-order valence-corrected chi connectivity index (χ2v) is 17.8. The molecule has 4 heterocycles. The third kappa shape index (κ3) is 14.9. The van der Waals surface area contributed by atoms with Crippen molar-refractivity contribution in [1.29, 1.82) is 0 Å². The molecule has 0 unspecified atom stereocenters. The zero-order valence-electron chi connectivity index (χ0n) is 39.4. The van der Waals surface area contributed by atoms with E-state index < -0.39 is 89.9 Å². The molecule has 0 radical (unpaired) electrons. The summed E-state index contributed by atoms with van der Waals surface area (Å²) >= 11 is 0. The van der Waals surface area contributed by atoms with Crippen molar-refractivity contribution >= 4 is 64.1 Å². The SMILES string of the molecule is CC(=O)N[C@H]1CCCNC(=O)C[C@@H](C(=O)N2CCC[C@H]2C)NC(=O)[C@H](Cc2c[nH]c3ccccc23)NC(=O)[C@H](CCCN=C(N)N)NC(=O)[C@@H](Cc2ccccc2)NC(=O)[C@H](Cc2cnc[nH]2)NC1=O. The fourth-order valence-corrected chi connectivity index (χ4v) is 8.71. The lowest BCUT2D eigenvalue weighted by molar-refractivity contribution is -0.140. The predicted octanol–water partition coefficient (Wildman–Crippen LogP) is -0.788. The number of hydrogen-bond acceptors (Lipinski definition) is 10. The smallest absolute Gasteiger partial charge is 0.245 e. The molecule has 0 aliphatic carbocycles. The lowest BCUT2D eigenvalue weighted by Crippen LogP contribution is -2.61. The number of aromatic nitrogens is 3.